The van der Waals surface area contributed by atoms with E-state index in [0.717, 1.165) is 3.57 Å². The molecule has 86 valence electrons. The molecule has 1 unspecified atom stereocenters. The number of nitrogens with zero attached hydrogens (tertiary/aromatic N) is 1. The largest absolute Gasteiger partial charge is 0.409 e. The minimum Gasteiger partial charge on any atom is -0.409 e. The number of amides is 1. The molecule has 0 bridgehead atoms. The molecule has 0 radical (unpaired) electrons. The molecular weight excluding hydrogens is 321 g/mol. The van der Waals surface area contributed by atoms with Crippen LogP contribution < -0.4 is 11.1 Å². The summed E-state index contributed by atoms with van der Waals surface area (Å²) in [6.45, 7) is 1.57. The Labute approximate surface area is 107 Å². The van der Waals surface area contributed by atoms with Crippen molar-refractivity contribution < 1.29 is 10.0 Å². The van der Waals surface area contributed by atoms with Gasteiger partial charge in [-0.25, -0.2) is 0 Å². The highest BCUT2D eigenvalue weighted by Gasteiger charge is 2.17. The first-order valence-corrected chi connectivity index (χ1v) is 5.66. The van der Waals surface area contributed by atoms with Gasteiger partial charge >= 0.3 is 0 Å². The van der Waals surface area contributed by atoms with Gasteiger partial charge in [-0.05, 0) is 47.7 Å². The van der Waals surface area contributed by atoms with E-state index in [1.54, 1.807) is 13.0 Å². The smallest absolute Gasteiger partial charge is 0.234 e. The van der Waals surface area contributed by atoms with Gasteiger partial charge in [0.1, 0.15) is 0 Å². The van der Waals surface area contributed by atoms with Gasteiger partial charge in [0.2, 0.25) is 5.91 Å². The summed E-state index contributed by atoms with van der Waals surface area (Å²) in [5.41, 5.74) is 6.03. The number of anilines is 1. The molecule has 0 spiro atoms. The minimum atomic E-state index is -0.664. The molecule has 1 aromatic carbocycles. The number of carbonyl (C=O) groups excluding carboxylic acids is 1. The van der Waals surface area contributed by atoms with E-state index in [4.69, 9.17) is 10.9 Å². The van der Waals surface area contributed by atoms with Gasteiger partial charge in [-0.3, -0.25) is 4.79 Å². The van der Waals surface area contributed by atoms with Gasteiger partial charge < -0.3 is 16.3 Å². The number of rotatable bonds is 3. The van der Waals surface area contributed by atoms with Crippen molar-refractivity contribution in [1.82, 2.24) is 0 Å². The topological polar surface area (TPSA) is 87.7 Å². The normalized spacial score (nSPS) is 13.2. The summed E-state index contributed by atoms with van der Waals surface area (Å²) >= 11 is 2.15. The van der Waals surface area contributed by atoms with Gasteiger partial charge in [0.25, 0.3) is 0 Å². The Kier molecular flexibility index (Phi) is 4.53. The zero-order chi connectivity index (χ0) is 12.1. The van der Waals surface area contributed by atoms with E-state index < -0.39 is 5.92 Å². The number of amidine groups is 1. The highest BCUT2D eigenvalue weighted by atomic mass is 127. The number of benzene rings is 1. The van der Waals surface area contributed by atoms with Crippen molar-refractivity contribution in [1.29, 1.82) is 0 Å². The van der Waals surface area contributed by atoms with Crippen LogP contribution in [-0.2, 0) is 4.79 Å². The van der Waals surface area contributed by atoms with Crippen LogP contribution in [0.15, 0.2) is 29.4 Å². The Morgan fingerprint density at radius 1 is 1.62 bits per heavy atom. The van der Waals surface area contributed by atoms with Gasteiger partial charge in [0, 0.05) is 9.26 Å². The van der Waals surface area contributed by atoms with Crippen LogP contribution in [0, 0.1) is 9.49 Å². The van der Waals surface area contributed by atoms with Crippen molar-refractivity contribution in [2.45, 2.75) is 6.92 Å². The van der Waals surface area contributed by atoms with Crippen LogP contribution >= 0.6 is 22.6 Å². The van der Waals surface area contributed by atoms with Gasteiger partial charge in [-0.15, -0.1) is 0 Å². The van der Waals surface area contributed by atoms with Crippen LogP contribution in [0.5, 0.6) is 0 Å². The van der Waals surface area contributed by atoms with Gasteiger partial charge in [-0.2, -0.15) is 0 Å². The van der Waals surface area contributed by atoms with Crippen molar-refractivity contribution >= 4 is 40.0 Å². The number of hydrogen-bond acceptors (Lipinski definition) is 3. The second-order valence-corrected chi connectivity index (χ2v) is 4.49. The van der Waals surface area contributed by atoms with Crippen LogP contribution in [-0.4, -0.2) is 17.0 Å². The minimum absolute atomic E-state index is 0.108. The van der Waals surface area contributed by atoms with E-state index in [-0.39, 0.29) is 11.7 Å². The molecule has 1 atom stereocenters. The number of oxime groups is 1. The molecule has 0 aliphatic rings. The summed E-state index contributed by atoms with van der Waals surface area (Å²) in [5, 5.41) is 13.9. The molecule has 0 aliphatic heterocycles. The lowest BCUT2D eigenvalue weighted by molar-refractivity contribution is -0.117. The average Bonchev–Trinajstić information content (AvgIpc) is 2.27. The first-order chi connectivity index (χ1) is 7.54. The molecule has 0 saturated carbocycles. The fourth-order valence-electron chi connectivity index (χ4n) is 1.04. The van der Waals surface area contributed by atoms with Crippen LogP contribution in [0.1, 0.15) is 6.92 Å². The quantitative estimate of drug-likeness (QED) is 0.258. The molecule has 6 heteroatoms. The molecule has 16 heavy (non-hydrogen) atoms. The standard InChI is InChI=1S/C10H12IN3O2/c1-6(9(12)14-16)10(15)13-8-4-2-3-7(11)5-8/h2-6,16H,1H3,(H2,12,14)(H,13,15). The van der Waals surface area contributed by atoms with E-state index in [9.17, 15) is 4.79 Å². The summed E-state index contributed by atoms with van der Waals surface area (Å²) < 4.78 is 1.02. The first-order valence-electron chi connectivity index (χ1n) is 4.58. The fourth-order valence-corrected chi connectivity index (χ4v) is 1.58. The fraction of sp³-hybridized carbons (Fsp3) is 0.200. The molecule has 0 aromatic heterocycles. The monoisotopic (exact) mass is 333 g/mol. The van der Waals surface area contributed by atoms with Crippen molar-refractivity contribution in [3.05, 3.63) is 27.8 Å². The number of halogens is 1. The van der Waals surface area contributed by atoms with E-state index in [1.165, 1.54) is 0 Å². The Balaban J connectivity index is 2.72. The molecule has 0 saturated heterocycles. The average molecular weight is 333 g/mol. The number of carbonyl (C=O) groups is 1. The Bertz CT molecular complexity index is 420. The van der Waals surface area contributed by atoms with Crippen molar-refractivity contribution in [3.8, 4) is 0 Å². The third kappa shape index (κ3) is 3.37. The first kappa shape index (κ1) is 12.8. The number of nitrogens with two attached hydrogens (primary N) is 1. The molecular formula is C10H12IN3O2. The summed E-state index contributed by atoms with van der Waals surface area (Å²) in [7, 11) is 0. The van der Waals surface area contributed by atoms with Gasteiger partial charge in [0.15, 0.2) is 5.84 Å². The van der Waals surface area contributed by atoms with E-state index in [1.807, 2.05) is 18.2 Å². The highest BCUT2D eigenvalue weighted by Crippen LogP contribution is 2.13. The summed E-state index contributed by atoms with van der Waals surface area (Å²) in [6.07, 6.45) is 0. The Hall–Kier alpha value is -1.31. The van der Waals surface area contributed by atoms with Crippen LogP contribution in [0.3, 0.4) is 0 Å². The SMILES string of the molecule is CC(C(=O)Nc1cccc(I)c1)C(N)=NO. The molecule has 5 nitrogen and oxygen atoms in total. The van der Waals surface area contributed by atoms with Crippen LogP contribution in [0.4, 0.5) is 5.69 Å². The maximum atomic E-state index is 11.6. The second kappa shape index (κ2) is 5.69. The van der Waals surface area contributed by atoms with E-state index in [2.05, 4.69) is 33.1 Å². The lowest BCUT2D eigenvalue weighted by Gasteiger charge is -2.10. The zero-order valence-electron chi connectivity index (χ0n) is 8.64. The van der Waals surface area contributed by atoms with Crippen molar-refractivity contribution in [2.75, 3.05) is 5.32 Å². The zero-order valence-corrected chi connectivity index (χ0v) is 10.8. The molecule has 1 rings (SSSR count). The Morgan fingerprint density at radius 2 is 2.31 bits per heavy atom. The molecule has 4 N–H and O–H groups in total. The molecule has 1 amide bonds. The van der Waals surface area contributed by atoms with Gasteiger partial charge in [-0.1, -0.05) is 11.2 Å². The van der Waals surface area contributed by atoms with Crippen LogP contribution in [0.25, 0.3) is 0 Å². The lowest BCUT2D eigenvalue weighted by Crippen LogP contribution is -2.32. The predicted octanol–water partition coefficient (Wildman–Crippen LogP) is 1.61. The van der Waals surface area contributed by atoms with Crippen LogP contribution in [0.2, 0.25) is 0 Å². The van der Waals surface area contributed by atoms with Crippen molar-refractivity contribution in [3.63, 3.8) is 0 Å². The lowest BCUT2D eigenvalue weighted by atomic mass is 10.1. The maximum absolute atomic E-state index is 11.6. The van der Waals surface area contributed by atoms with E-state index >= 15 is 0 Å². The third-order valence-corrected chi connectivity index (χ3v) is 2.72. The summed E-state index contributed by atoms with van der Waals surface area (Å²) in [5.74, 6) is -1.08. The summed E-state index contributed by atoms with van der Waals surface area (Å²) in [6, 6.07) is 7.37. The predicted molar refractivity (Wildman–Crippen MR) is 70.4 cm³/mol. The highest BCUT2D eigenvalue weighted by molar-refractivity contribution is 14.1. The number of nitrogens with one attached hydrogen (secondary N) is 1. The second-order valence-electron chi connectivity index (χ2n) is 3.25. The van der Waals surface area contributed by atoms with Gasteiger partial charge in [0.05, 0.1) is 5.92 Å². The van der Waals surface area contributed by atoms with E-state index in [0.29, 0.717) is 5.69 Å². The maximum Gasteiger partial charge on any atom is 0.234 e. The molecule has 0 heterocycles. The molecule has 1 aromatic rings. The third-order valence-electron chi connectivity index (χ3n) is 2.04. The molecule has 0 aliphatic carbocycles. The summed E-state index contributed by atoms with van der Waals surface area (Å²) in [4.78, 5) is 11.6. The molecule has 0 fully saturated rings. The Morgan fingerprint density at radius 3 is 2.88 bits per heavy atom. The van der Waals surface area contributed by atoms with Crippen molar-refractivity contribution in [2.24, 2.45) is 16.8 Å². The number of hydrogen-bond donors (Lipinski definition) is 3.